The van der Waals surface area contributed by atoms with Gasteiger partial charge in [-0.1, -0.05) is 30.3 Å². The molecule has 0 atom stereocenters. The minimum absolute atomic E-state index is 0.545. The summed E-state index contributed by atoms with van der Waals surface area (Å²) in [5.41, 5.74) is 2.70. The first kappa shape index (κ1) is 17.5. The maximum absolute atomic E-state index is 14.2. The van der Waals surface area contributed by atoms with E-state index in [0.29, 0.717) is 10.9 Å². The molecule has 6 heteroatoms. The molecule has 0 aliphatic rings. The largest absolute Gasteiger partial charge is 0.305 e. The van der Waals surface area contributed by atoms with Crippen molar-refractivity contribution in [1.82, 2.24) is 9.97 Å². The number of hydrogen-bond acceptors (Lipinski definition) is 3. The summed E-state index contributed by atoms with van der Waals surface area (Å²) in [6.45, 7) is 3.78. The predicted molar refractivity (Wildman–Crippen MR) is 106 cm³/mol. The van der Waals surface area contributed by atoms with Crippen LogP contribution in [0.3, 0.4) is 0 Å². The zero-order chi connectivity index (χ0) is 17.3. The lowest BCUT2D eigenvalue weighted by Gasteiger charge is -2.19. The summed E-state index contributed by atoms with van der Waals surface area (Å²) in [5.74, 6) is 0. The van der Waals surface area contributed by atoms with Gasteiger partial charge in [-0.2, -0.15) is 0 Å². The Kier molecular flexibility index (Phi) is 5.05. The molecular weight excluding hydrogens is 451 g/mol. The first-order valence-corrected chi connectivity index (χ1v) is 10.7. The van der Waals surface area contributed by atoms with E-state index in [1.807, 2.05) is 68.4 Å². The number of pyridine rings is 2. The number of rotatable bonds is 3. The van der Waals surface area contributed by atoms with E-state index in [4.69, 9.17) is 0 Å². The minimum atomic E-state index is -3.13. The van der Waals surface area contributed by atoms with Gasteiger partial charge in [0, 0.05) is 14.2 Å². The summed E-state index contributed by atoms with van der Waals surface area (Å²) < 4.78 is 16.0. The van der Waals surface area contributed by atoms with Gasteiger partial charge in [-0.15, -0.1) is 0 Å². The number of aryl methyl sites for hydroxylation is 2. The molecule has 0 saturated heterocycles. The van der Waals surface area contributed by atoms with E-state index in [2.05, 4.69) is 41.8 Å². The van der Waals surface area contributed by atoms with E-state index in [1.54, 1.807) is 0 Å². The molecule has 0 radical (unpaired) electrons. The van der Waals surface area contributed by atoms with Gasteiger partial charge in [-0.3, -0.25) is 0 Å². The minimum Gasteiger partial charge on any atom is -0.305 e. The van der Waals surface area contributed by atoms with Crippen LogP contribution in [0.15, 0.2) is 63.5 Å². The van der Waals surface area contributed by atoms with Crippen molar-refractivity contribution in [1.29, 1.82) is 0 Å². The first-order chi connectivity index (χ1) is 11.4. The lowest BCUT2D eigenvalue weighted by Crippen LogP contribution is -2.29. The highest BCUT2D eigenvalue weighted by Crippen LogP contribution is 2.41. The van der Waals surface area contributed by atoms with Crippen molar-refractivity contribution >= 4 is 55.2 Å². The molecule has 0 aliphatic carbocycles. The molecule has 2 heterocycles. The van der Waals surface area contributed by atoms with Crippen molar-refractivity contribution in [3.05, 3.63) is 74.9 Å². The number of hydrogen-bond donors (Lipinski definition) is 0. The second kappa shape index (κ2) is 6.91. The van der Waals surface area contributed by atoms with Crippen molar-refractivity contribution in [2.45, 2.75) is 13.8 Å². The normalized spacial score (nSPS) is 11.5. The third-order valence-corrected chi connectivity index (χ3v) is 8.27. The molecule has 0 saturated carbocycles. The fraction of sp³-hybridized carbons (Fsp3) is 0.111. The molecule has 0 spiro atoms. The van der Waals surface area contributed by atoms with E-state index in [0.717, 1.165) is 25.6 Å². The highest BCUT2D eigenvalue weighted by Gasteiger charge is 2.33. The molecule has 122 valence electrons. The molecule has 0 N–H and O–H groups in total. The molecule has 3 aromatic rings. The average molecular weight is 466 g/mol. The van der Waals surface area contributed by atoms with Crippen molar-refractivity contribution in [2.75, 3.05) is 0 Å². The van der Waals surface area contributed by atoms with Crippen LogP contribution in [0.1, 0.15) is 11.4 Å². The molecule has 3 rings (SSSR count). The summed E-state index contributed by atoms with van der Waals surface area (Å²) in [4.78, 5) is 9.18. The van der Waals surface area contributed by atoms with Gasteiger partial charge in [-0.05, 0) is 70.0 Å². The molecule has 24 heavy (non-hydrogen) atoms. The van der Waals surface area contributed by atoms with Crippen LogP contribution in [0.2, 0.25) is 0 Å². The van der Waals surface area contributed by atoms with Gasteiger partial charge in [0.05, 0.1) is 11.4 Å². The summed E-state index contributed by atoms with van der Waals surface area (Å²) in [7, 11) is -3.13. The molecular formula is C18H15Br2N2OP. The summed E-state index contributed by atoms with van der Waals surface area (Å²) in [5, 5.41) is 0.730. The maximum atomic E-state index is 14.2. The van der Waals surface area contributed by atoms with E-state index < -0.39 is 7.14 Å². The standard InChI is InChI=1S/C18H15Br2N2OP/c1-12-15(19)8-10-17(21-12)24(23,14-6-4-3-5-7-14)18-11-9-16(20)13(2)22-18/h3-11H,1-2H3. The third-order valence-electron chi connectivity index (χ3n) is 3.78. The quantitative estimate of drug-likeness (QED) is 0.543. The Labute approximate surface area is 158 Å². The summed E-state index contributed by atoms with van der Waals surface area (Å²) in [6.07, 6.45) is 0. The van der Waals surface area contributed by atoms with Crippen LogP contribution < -0.4 is 16.2 Å². The summed E-state index contributed by atoms with van der Waals surface area (Å²) in [6, 6.07) is 16.8. The molecule has 2 aromatic heterocycles. The summed E-state index contributed by atoms with van der Waals surface area (Å²) >= 11 is 6.91. The molecule has 0 bridgehead atoms. The van der Waals surface area contributed by atoms with Crippen LogP contribution in [0.5, 0.6) is 0 Å². The smallest absolute Gasteiger partial charge is 0.205 e. The van der Waals surface area contributed by atoms with E-state index >= 15 is 0 Å². The topological polar surface area (TPSA) is 42.9 Å². The van der Waals surface area contributed by atoms with Crippen molar-refractivity contribution < 1.29 is 4.57 Å². The second-order valence-corrected chi connectivity index (χ2v) is 9.78. The van der Waals surface area contributed by atoms with Crippen LogP contribution in [-0.2, 0) is 4.57 Å². The Morgan fingerprint density at radius 1 is 0.750 bits per heavy atom. The lowest BCUT2D eigenvalue weighted by atomic mass is 10.4. The SMILES string of the molecule is Cc1nc(P(=O)(c2ccccc2)c2ccc(Br)c(C)n2)ccc1Br. The van der Waals surface area contributed by atoms with Crippen molar-refractivity contribution in [2.24, 2.45) is 0 Å². The van der Waals surface area contributed by atoms with Crippen LogP contribution >= 0.6 is 39.0 Å². The number of nitrogens with zero attached hydrogens (tertiary/aromatic N) is 2. The fourth-order valence-electron chi connectivity index (χ4n) is 2.43. The van der Waals surface area contributed by atoms with Gasteiger partial charge in [0.25, 0.3) is 0 Å². The van der Waals surface area contributed by atoms with Crippen LogP contribution in [0.4, 0.5) is 0 Å². The molecule has 0 aliphatic heterocycles. The molecule has 0 unspecified atom stereocenters. The fourth-order valence-corrected chi connectivity index (χ4v) is 5.38. The Morgan fingerprint density at radius 3 is 1.62 bits per heavy atom. The van der Waals surface area contributed by atoms with Gasteiger partial charge in [-0.25, -0.2) is 9.97 Å². The zero-order valence-electron chi connectivity index (χ0n) is 13.2. The van der Waals surface area contributed by atoms with Gasteiger partial charge in [0.1, 0.15) is 10.9 Å². The number of benzene rings is 1. The monoisotopic (exact) mass is 464 g/mol. The highest BCUT2D eigenvalue weighted by atomic mass is 79.9. The highest BCUT2D eigenvalue weighted by molar-refractivity contribution is 9.10. The maximum Gasteiger partial charge on any atom is 0.205 e. The Morgan fingerprint density at radius 2 is 1.21 bits per heavy atom. The average Bonchev–Trinajstić information content (AvgIpc) is 2.60. The van der Waals surface area contributed by atoms with E-state index in [9.17, 15) is 4.57 Å². The van der Waals surface area contributed by atoms with E-state index in [1.165, 1.54) is 0 Å². The predicted octanol–water partition coefficient (Wildman–Crippen LogP) is 4.26. The third kappa shape index (κ3) is 3.13. The number of halogens is 2. The van der Waals surface area contributed by atoms with Gasteiger partial charge >= 0.3 is 0 Å². The molecule has 3 nitrogen and oxygen atoms in total. The van der Waals surface area contributed by atoms with Crippen LogP contribution in [0, 0.1) is 13.8 Å². The van der Waals surface area contributed by atoms with Gasteiger partial charge in [0.15, 0.2) is 0 Å². The second-order valence-electron chi connectivity index (χ2n) is 5.42. The lowest BCUT2D eigenvalue weighted by molar-refractivity contribution is 0.591. The van der Waals surface area contributed by atoms with Gasteiger partial charge < -0.3 is 4.57 Å². The van der Waals surface area contributed by atoms with Gasteiger partial charge in [0.2, 0.25) is 7.14 Å². The Hall–Kier alpha value is -1.29. The molecule has 0 fully saturated rings. The zero-order valence-corrected chi connectivity index (χ0v) is 17.3. The van der Waals surface area contributed by atoms with Crippen LogP contribution in [0.25, 0.3) is 0 Å². The van der Waals surface area contributed by atoms with Crippen molar-refractivity contribution in [3.8, 4) is 0 Å². The van der Waals surface area contributed by atoms with Crippen molar-refractivity contribution in [3.63, 3.8) is 0 Å². The van der Waals surface area contributed by atoms with E-state index in [-0.39, 0.29) is 0 Å². The van der Waals surface area contributed by atoms with Crippen LogP contribution in [-0.4, -0.2) is 9.97 Å². The number of aromatic nitrogens is 2. The molecule has 1 aromatic carbocycles. The molecule has 0 amide bonds. The first-order valence-electron chi connectivity index (χ1n) is 7.36. The Bertz CT molecular complexity index is 890. The Balaban J connectivity index is 2.31.